The number of carbonyl (C=O) groups is 1. The first-order chi connectivity index (χ1) is 11.3. The smallest absolute Gasteiger partial charge is 0.268 e. The SMILES string of the molecule is CCCCc1nnc(NC(=O)c2sccc2-c2ccccc2)s1. The predicted octanol–water partition coefficient (Wildman–Crippen LogP) is 4.86. The van der Waals surface area contributed by atoms with Gasteiger partial charge >= 0.3 is 0 Å². The molecule has 0 aliphatic carbocycles. The van der Waals surface area contributed by atoms with E-state index >= 15 is 0 Å². The standard InChI is InChI=1S/C17H17N3OS2/c1-2-3-9-14-19-20-17(23-14)18-16(21)15-13(10-11-22-15)12-7-5-4-6-8-12/h4-8,10-11H,2-3,9H2,1H3,(H,18,20,21). The van der Waals surface area contributed by atoms with E-state index in [1.807, 2.05) is 41.8 Å². The summed E-state index contributed by atoms with van der Waals surface area (Å²) in [4.78, 5) is 13.2. The van der Waals surface area contributed by atoms with Crippen LogP contribution in [0.3, 0.4) is 0 Å². The average molecular weight is 343 g/mol. The van der Waals surface area contributed by atoms with Gasteiger partial charge in [-0.1, -0.05) is 55.0 Å². The van der Waals surface area contributed by atoms with Gasteiger partial charge in [-0.15, -0.1) is 21.5 Å². The molecule has 3 rings (SSSR count). The van der Waals surface area contributed by atoms with Crippen LogP contribution in [0, 0.1) is 0 Å². The summed E-state index contributed by atoms with van der Waals surface area (Å²) >= 11 is 2.89. The van der Waals surface area contributed by atoms with E-state index in [1.54, 1.807) is 0 Å². The minimum atomic E-state index is -0.128. The third-order valence-corrected chi connectivity index (χ3v) is 5.20. The maximum absolute atomic E-state index is 12.5. The molecule has 118 valence electrons. The molecule has 0 aliphatic rings. The summed E-state index contributed by atoms with van der Waals surface area (Å²) in [7, 11) is 0. The van der Waals surface area contributed by atoms with Crippen LogP contribution < -0.4 is 5.32 Å². The number of amides is 1. The average Bonchev–Trinajstić information content (AvgIpc) is 3.23. The number of aryl methyl sites for hydroxylation is 1. The normalized spacial score (nSPS) is 10.7. The Kier molecular flexibility index (Phi) is 5.15. The summed E-state index contributed by atoms with van der Waals surface area (Å²) in [5.74, 6) is -0.128. The van der Waals surface area contributed by atoms with Crippen molar-refractivity contribution < 1.29 is 4.79 Å². The van der Waals surface area contributed by atoms with E-state index in [-0.39, 0.29) is 5.91 Å². The van der Waals surface area contributed by atoms with Crippen molar-refractivity contribution >= 4 is 33.7 Å². The lowest BCUT2D eigenvalue weighted by atomic mass is 10.1. The van der Waals surface area contributed by atoms with Crippen molar-refractivity contribution in [1.82, 2.24) is 10.2 Å². The predicted molar refractivity (Wildman–Crippen MR) is 96.2 cm³/mol. The molecule has 0 spiro atoms. The highest BCUT2D eigenvalue weighted by Gasteiger charge is 2.16. The van der Waals surface area contributed by atoms with Gasteiger partial charge in [0.2, 0.25) is 5.13 Å². The molecule has 0 saturated heterocycles. The third-order valence-electron chi connectivity index (χ3n) is 3.39. The fourth-order valence-corrected chi connectivity index (χ4v) is 3.80. The number of hydrogen-bond acceptors (Lipinski definition) is 5. The molecule has 4 nitrogen and oxygen atoms in total. The van der Waals surface area contributed by atoms with Gasteiger partial charge in [0, 0.05) is 12.0 Å². The number of nitrogens with one attached hydrogen (secondary N) is 1. The van der Waals surface area contributed by atoms with E-state index in [2.05, 4.69) is 22.4 Å². The van der Waals surface area contributed by atoms with Crippen LogP contribution in [-0.2, 0) is 6.42 Å². The van der Waals surface area contributed by atoms with Gasteiger partial charge < -0.3 is 0 Å². The van der Waals surface area contributed by atoms with Gasteiger partial charge in [0.05, 0.1) is 0 Å². The molecule has 0 unspecified atom stereocenters. The van der Waals surface area contributed by atoms with Crippen LogP contribution in [-0.4, -0.2) is 16.1 Å². The molecule has 1 aromatic carbocycles. The van der Waals surface area contributed by atoms with E-state index in [0.717, 1.165) is 35.4 Å². The lowest BCUT2D eigenvalue weighted by molar-refractivity contribution is 0.103. The molecule has 1 N–H and O–H groups in total. The topological polar surface area (TPSA) is 54.9 Å². The fourth-order valence-electron chi connectivity index (χ4n) is 2.22. The summed E-state index contributed by atoms with van der Waals surface area (Å²) in [5, 5.41) is 14.5. The highest BCUT2D eigenvalue weighted by atomic mass is 32.1. The van der Waals surface area contributed by atoms with Crippen molar-refractivity contribution in [3.05, 3.63) is 51.7 Å². The second kappa shape index (κ2) is 7.48. The molecule has 0 atom stereocenters. The van der Waals surface area contributed by atoms with Crippen molar-refractivity contribution in [3.63, 3.8) is 0 Å². The molecule has 1 amide bonds. The molecule has 0 radical (unpaired) electrons. The molecule has 23 heavy (non-hydrogen) atoms. The second-order valence-electron chi connectivity index (χ2n) is 5.09. The van der Waals surface area contributed by atoms with E-state index < -0.39 is 0 Å². The highest BCUT2D eigenvalue weighted by Crippen LogP contribution is 2.29. The molecule has 0 aliphatic heterocycles. The monoisotopic (exact) mass is 343 g/mol. The minimum absolute atomic E-state index is 0.128. The Morgan fingerprint density at radius 2 is 2.00 bits per heavy atom. The summed E-state index contributed by atoms with van der Waals surface area (Å²) in [6, 6.07) is 11.9. The number of thiophene rings is 1. The first-order valence-corrected chi connectivity index (χ1v) is 9.24. The largest absolute Gasteiger partial charge is 0.296 e. The van der Waals surface area contributed by atoms with E-state index in [4.69, 9.17) is 0 Å². The highest BCUT2D eigenvalue weighted by molar-refractivity contribution is 7.15. The zero-order valence-electron chi connectivity index (χ0n) is 12.8. The van der Waals surface area contributed by atoms with E-state index in [1.165, 1.54) is 22.7 Å². The number of nitrogens with zero attached hydrogens (tertiary/aromatic N) is 2. The molecule has 2 aromatic heterocycles. The fraction of sp³-hybridized carbons (Fsp3) is 0.235. The Bertz CT molecular complexity index is 780. The number of aromatic nitrogens is 2. The first kappa shape index (κ1) is 15.8. The van der Waals surface area contributed by atoms with Crippen molar-refractivity contribution in [2.24, 2.45) is 0 Å². The van der Waals surface area contributed by atoms with Gasteiger partial charge in [0.25, 0.3) is 5.91 Å². The quantitative estimate of drug-likeness (QED) is 0.695. The molecule has 0 bridgehead atoms. The molecular formula is C17H17N3OS2. The van der Waals surface area contributed by atoms with Gasteiger partial charge in [-0.3, -0.25) is 10.1 Å². The number of benzene rings is 1. The lowest BCUT2D eigenvalue weighted by Gasteiger charge is -2.03. The zero-order chi connectivity index (χ0) is 16.1. The molecule has 3 aromatic rings. The number of unbranched alkanes of at least 4 members (excludes halogenated alkanes) is 1. The maximum atomic E-state index is 12.5. The van der Waals surface area contributed by atoms with Crippen molar-refractivity contribution in [1.29, 1.82) is 0 Å². The van der Waals surface area contributed by atoms with E-state index in [0.29, 0.717) is 10.0 Å². The summed E-state index contributed by atoms with van der Waals surface area (Å²) in [6.07, 6.45) is 3.13. The number of hydrogen-bond donors (Lipinski definition) is 1. The number of carbonyl (C=O) groups excluding carboxylic acids is 1. The Labute approximate surface area is 143 Å². The number of anilines is 1. The zero-order valence-corrected chi connectivity index (χ0v) is 14.4. The molecule has 0 fully saturated rings. The summed E-state index contributed by atoms with van der Waals surface area (Å²) < 4.78 is 0. The lowest BCUT2D eigenvalue weighted by Crippen LogP contribution is -2.11. The van der Waals surface area contributed by atoms with Crippen molar-refractivity contribution in [2.45, 2.75) is 26.2 Å². The Morgan fingerprint density at radius 3 is 2.78 bits per heavy atom. The van der Waals surface area contributed by atoms with Crippen LogP contribution in [0.25, 0.3) is 11.1 Å². The van der Waals surface area contributed by atoms with Crippen LogP contribution in [0.1, 0.15) is 34.4 Å². The van der Waals surface area contributed by atoms with Crippen molar-refractivity contribution in [3.8, 4) is 11.1 Å². The summed E-state index contributed by atoms with van der Waals surface area (Å²) in [5.41, 5.74) is 1.99. The Morgan fingerprint density at radius 1 is 1.17 bits per heavy atom. The van der Waals surface area contributed by atoms with Crippen LogP contribution >= 0.6 is 22.7 Å². The molecule has 2 heterocycles. The van der Waals surface area contributed by atoms with Crippen LogP contribution in [0.2, 0.25) is 0 Å². The van der Waals surface area contributed by atoms with Gasteiger partial charge in [-0.2, -0.15) is 0 Å². The van der Waals surface area contributed by atoms with E-state index in [9.17, 15) is 4.79 Å². The maximum Gasteiger partial charge on any atom is 0.268 e. The summed E-state index contributed by atoms with van der Waals surface area (Å²) in [6.45, 7) is 2.14. The van der Waals surface area contributed by atoms with Gasteiger partial charge in [0.15, 0.2) is 0 Å². The first-order valence-electron chi connectivity index (χ1n) is 7.54. The van der Waals surface area contributed by atoms with Gasteiger partial charge in [0.1, 0.15) is 9.88 Å². The number of rotatable bonds is 6. The molecule has 0 saturated carbocycles. The van der Waals surface area contributed by atoms with Gasteiger partial charge in [-0.05, 0) is 23.4 Å². The van der Waals surface area contributed by atoms with Crippen LogP contribution in [0.15, 0.2) is 41.8 Å². The molecular weight excluding hydrogens is 326 g/mol. The minimum Gasteiger partial charge on any atom is -0.296 e. The Hall–Kier alpha value is -2.05. The third kappa shape index (κ3) is 3.83. The van der Waals surface area contributed by atoms with Crippen molar-refractivity contribution in [2.75, 3.05) is 5.32 Å². The van der Waals surface area contributed by atoms with Crippen LogP contribution in [0.4, 0.5) is 5.13 Å². The van der Waals surface area contributed by atoms with Gasteiger partial charge in [-0.25, -0.2) is 0 Å². The second-order valence-corrected chi connectivity index (χ2v) is 7.07. The Balaban J connectivity index is 1.74. The molecule has 6 heteroatoms. The van der Waals surface area contributed by atoms with Crippen LogP contribution in [0.5, 0.6) is 0 Å².